The number of amides is 1. The molecule has 1 aliphatic rings. The summed E-state index contributed by atoms with van der Waals surface area (Å²) in [6.07, 6.45) is 0.851. The Kier molecular flexibility index (Phi) is 7.02. The van der Waals surface area contributed by atoms with Gasteiger partial charge in [0.25, 0.3) is 5.91 Å². The van der Waals surface area contributed by atoms with E-state index in [-0.39, 0.29) is 48.3 Å². The molecule has 0 spiro atoms. The van der Waals surface area contributed by atoms with E-state index in [2.05, 4.69) is 5.32 Å². The Morgan fingerprint density at radius 3 is 2.58 bits per heavy atom. The largest absolute Gasteiger partial charge is 0.493 e. The Labute approximate surface area is 179 Å². The van der Waals surface area contributed by atoms with Gasteiger partial charge in [-0.05, 0) is 37.1 Å². The summed E-state index contributed by atoms with van der Waals surface area (Å²) in [5.41, 5.74) is 7.75. The van der Waals surface area contributed by atoms with Crippen molar-refractivity contribution in [3.8, 4) is 5.75 Å². The average Bonchev–Trinajstić information content (AvgIpc) is 3.15. The van der Waals surface area contributed by atoms with E-state index in [4.69, 9.17) is 21.0 Å². The summed E-state index contributed by atoms with van der Waals surface area (Å²) in [5.74, 6) is -0.722. The minimum absolute atomic E-state index is 0.00798. The highest BCUT2D eigenvalue weighted by atomic mass is 16.5. The van der Waals surface area contributed by atoms with Crippen LogP contribution in [0.15, 0.2) is 42.5 Å². The van der Waals surface area contributed by atoms with Crippen molar-refractivity contribution >= 4 is 23.5 Å². The monoisotopic (exact) mass is 423 g/mol. The number of benzene rings is 2. The maximum absolute atomic E-state index is 12.7. The molecule has 1 unspecified atom stereocenters. The molecular formula is C23H25N3O5. The second-order valence-corrected chi connectivity index (χ2v) is 7.43. The van der Waals surface area contributed by atoms with Crippen molar-refractivity contribution in [2.75, 3.05) is 13.2 Å². The lowest BCUT2D eigenvalue weighted by Gasteiger charge is -2.12. The normalized spacial score (nSPS) is 14.4. The first-order chi connectivity index (χ1) is 14.9. The van der Waals surface area contributed by atoms with Gasteiger partial charge in [-0.2, -0.15) is 0 Å². The second kappa shape index (κ2) is 9.88. The summed E-state index contributed by atoms with van der Waals surface area (Å²) < 4.78 is 5.68. The van der Waals surface area contributed by atoms with Gasteiger partial charge in [-0.15, -0.1) is 0 Å². The van der Waals surface area contributed by atoms with Crippen molar-refractivity contribution in [3.05, 3.63) is 64.7 Å². The van der Waals surface area contributed by atoms with E-state index in [1.165, 1.54) is 0 Å². The van der Waals surface area contributed by atoms with Crippen molar-refractivity contribution < 1.29 is 24.2 Å². The summed E-state index contributed by atoms with van der Waals surface area (Å²) in [6, 6.07) is 11.9. The third kappa shape index (κ3) is 5.48. The molecule has 162 valence electrons. The van der Waals surface area contributed by atoms with Crippen LogP contribution in [0.1, 0.15) is 63.4 Å². The molecule has 8 heteroatoms. The van der Waals surface area contributed by atoms with E-state index in [1.807, 2.05) is 6.07 Å². The molecule has 0 bridgehead atoms. The number of nitrogen functional groups attached to an aromatic ring is 1. The van der Waals surface area contributed by atoms with Gasteiger partial charge in [0, 0.05) is 42.0 Å². The van der Waals surface area contributed by atoms with E-state index in [0.29, 0.717) is 30.7 Å². The van der Waals surface area contributed by atoms with Crippen LogP contribution in [0, 0.1) is 5.41 Å². The first-order valence-electron chi connectivity index (χ1n) is 10.1. The van der Waals surface area contributed by atoms with E-state index < -0.39 is 5.97 Å². The van der Waals surface area contributed by atoms with E-state index in [1.54, 1.807) is 36.4 Å². The SMILES string of the molecule is N=C(N)c1ccc2c(c1)C(CCNC(=O)c1ccccc1C(=O)CCCC(=O)O)CO2. The first kappa shape index (κ1) is 22.0. The topological polar surface area (TPSA) is 143 Å². The molecule has 1 atom stereocenters. The Morgan fingerprint density at radius 2 is 1.87 bits per heavy atom. The highest BCUT2D eigenvalue weighted by Crippen LogP contribution is 2.36. The fraction of sp³-hybridized carbons (Fsp3) is 0.304. The number of aliphatic carboxylic acids is 1. The fourth-order valence-corrected chi connectivity index (χ4v) is 3.60. The summed E-state index contributed by atoms with van der Waals surface area (Å²) in [5, 5.41) is 19.2. The first-order valence-corrected chi connectivity index (χ1v) is 10.1. The Hall–Kier alpha value is -3.68. The molecule has 8 nitrogen and oxygen atoms in total. The molecule has 0 radical (unpaired) electrons. The van der Waals surface area contributed by atoms with Gasteiger partial charge < -0.3 is 20.9 Å². The van der Waals surface area contributed by atoms with E-state index in [0.717, 1.165) is 11.3 Å². The van der Waals surface area contributed by atoms with Crippen LogP contribution in [-0.2, 0) is 4.79 Å². The Morgan fingerprint density at radius 1 is 1.13 bits per heavy atom. The van der Waals surface area contributed by atoms with Gasteiger partial charge in [-0.25, -0.2) is 0 Å². The number of ether oxygens (including phenoxy) is 1. The molecule has 1 heterocycles. The van der Waals surface area contributed by atoms with Gasteiger partial charge in [-0.3, -0.25) is 19.8 Å². The van der Waals surface area contributed by atoms with Crippen molar-refractivity contribution in [2.24, 2.45) is 5.73 Å². The van der Waals surface area contributed by atoms with Gasteiger partial charge in [0.1, 0.15) is 11.6 Å². The number of carboxylic acid groups (broad SMARTS) is 1. The number of rotatable bonds is 10. The molecule has 3 rings (SSSR count). The van der Waals surface area contributed by atoms with Crippen molar-refractivity contribution in [2.45, 2.75) is 31.6 Å². The molecule has 0 saturated heterocycles. The third-order valence-electron chi connectivity index (χ3n) is 5.25. The molecule has 2 aromatic carbocycles. The standard InChI is InChI=1S/C23H25N3O5/c24-22(25)14-8-9-20-18(12-14)15(13-31-20)10-11-26-23(30)17-5-2-1-4-16(17)19(27)6-3-7-21(28)29/h1-2,4-5,8-9,12,15H,3,6-7,10-11,13H2,(H3,24,25)(H,26,30)(H,28,29). The van der Waals surface area contributed by atoms with Crippen LogP contribution in [0.5, 0.6) is 5.75 Å². The maximum atomic E-state index is 12.7. The molecule has 2 aromatic rings. The predicted molar refractivity (Wildman–Crippen MR) is 115 cm³/mol. The number of amidine groups is 1. The molecule has 1 aliphatic heterocycles. The number of hydrogen-bond donors (Lipinski definition) is 4. The summed E-state index contributed by atoms with van der Waals surface area (Å²) in [4.78, 5) is 35.8. The van der Waals surface area contributed by atoms with Gasteiger partial charge in [0.15, 0.2) is 5.78 Å². The summed E-state index contributed by atoms with van der Waals surface area (Å²) >= 11 is 0. The molecule has 0 aromatic heterocycles. The van der Waals surface area contributed by atoms with Crippen LogP contribution in [0.4, 0.5) is 0 Å². The van der Waals surface area contributed by atoms with Gasteiger partial charge in [-0.1, -0.05) is 18.2 Å². The van der Waals surface area contributed by atoms with E-state index in [9.17, 15) is 14.4 Å². The highest BCUT2D eigenvalue weighted by Gasteiger charge is 2.25. The number of fused-ring (bicyclic) bond motifs is 1. The second-order valence-electron chi connectivity index (χ2n) is 7.43. The number of hydrogen-bond acceptors (Lipinski definition) is 5. The van der Waals surface area contributed by atoms with Gasteiger partial charge >= 0.3 is 5.97 Å². The number of nitrogens with two attached hydrogens (primary N) is 1. The quantitative estimate of drug-likeness (QED) is 0.263. The predicted octanol–water partition coefficient (Wildman–Crippen LogP) is 2.70. The van der Waals surface area contributed by atoms with Crippen LogP contribution in [0.25, 0.3) is 0 Å². The minimum Gasteiger partial charge on any atom is -0.493 e. The number of ketones is 1. The molecule has 0 aliphatic carbocycles. The zero-order valence-electron chi connectivity index (χ0n) is 17.0. The maximum Gasteiger partial charge on any atom is 0.303 e. The van der Waals surface area contributed by atoms with Crippen molar-refractivity contribution in [1.82, 2.24) is 5.32 Å². The average molecular weight is 423 g/mol. The smallest absolute Gasteiger partial charge is 0.303 e. The van der Waals surface area contributed by atoms with Crippen LogP contribution in [0.3, 0.4) is 0 Å². The summed E-state index contributed by atoms with van der Waals surface area (Å²) in [6.45, 7) is 0.878. The van der Waals surface area contributed by atoms with E-state index >= 15 is 0 Å². The van der Waals surface area contributed by atoms with Crippen molar-refractivity contribution in [3.63, 3.8) is 0 Å². The fourth-order valence-electron chi connectivity index (χ4n) is 3.60. The molecule has 0 saturated carbocycles. The number of carbonyl (C=O) groups is 3. The van der Waals surface area contributed by atoms with Crippen LogP contribution < -0.4 is 15.8 Å². The molecule has 31 heavy (non-hydrogen) atoms. The number of carbonyl (C=O) groups excluding carboxylic acids is 2. The highest BCUT2D eigenvalue weighted by molar-refractivity contribution is 6.08. The molecule has 0 fully saturated rings. The lowest BCUT2D eigenvalue weighted by molar-refractivity contribution is -0.137. The number of carboxylic acids is 1. The van der Waals surface area contributed by atoms with Gasteiger partial charge in [0.2, 0.25) is 0 Å². The Bertz CT molecular complexity index is 1020. The molecule has 5 N–H and O–H groups in total. The Balaban J connectivity index is 1.59. The van der Waals surface area contributed by atoms with Crippen LogP contribution in [-0.4, -0.2) is 41.8 Å². The third-order valence-corrected chi connectivity index (χ3v) is 5.25. The van der Waals surface area contributed by atoms with Crippen LogP contribution >= 0.6 is 0 Å². The minimum atomic E-state index is -0.952. The number of Topliss-reactive ketones (excluding diaryl/α,β-unsaturated/α-hetero) is 1. The molecule has 1 amide bonds. The van der Waals surface area contributed by atoms with Gasteiger partial charge in [0.05, 0.1) is 12.2 Å². The lowest BCUT2D eigenvalue weighted by atomic mass is 9.95. The number of nitrogens with one attached hydrogen (secondary N) is 2. The molecular weight excluding hydrogens is 398 g/mol. The lowest BCUT2D eigenvalue weighted by Crippen LogP contribution is -2.27. The zero-order valence-corrected chi connectivity index (χ0v) is 17.0. The summed E-state index contributed by atoms with van der Waals surface area (Å²) in [7, 11) is 0. The van der Waals surface area contributed by atoms with Crippen LogP contribution in [0.2, 0.25) is 0 Å². The van der Waals surface area contributed by atoms with Crippen molar-refractivity contribution in [1.29, 1.82) is 5.41 Å². The zero-order chi connectivity index (χ0) is 22.4.